The van der Waals surface area contributed by atoms with Crippen molar-refractivity contribution < 1.29 is 0 Å². The molecule has 2 aliphatic carbocycles. The predicted octanol–water partition coefficient (Wildman–Crippen LogP) is 7.47. The molecular formula is C27H36. The second-order valence-corrected chi connectivity index (χ2v) is 9.39. The fourth-order valence-electron chi connectivity index (χ4n) is 5.71. The molecule has 2 saturated carbocycles. The van der Waals surface area contributed by atoms with Crippen molar-refractivity contribution in [2.45, 2.75) is 70.6 Å². The Hall–Kier alpha value is -1.56. The van der Waals surface area contributed by atoms with Gasteiger partial charge >= 0.3 is 0 Å². The van der Waals surface area contributed by atoms with Crippen molar-refractivity contribution >= 4 is 0 Å². The van der Waals surface area contributed by atoms with Crippen LogP contribution in [0.1, 0.15) is 68.9 Å². The Kier molecular flexibility index (Phi) is 6.67. The Morgan fingerprint density at radius 1 is 0.444 bits per heavy atom. The molecule has 0 aliphatic heterocycles. The summed E-state index contributed by atoms with van der Waals surface area (Å²) in [6.45, 7) is 0. The number of rotatable bonds is 6. The molecule has 0 saturated heterocycles. The summed E-state index contributed by atoms with van der Waals surface area (Å²) in [4.78, 5) is 0. The van der Waals surface area contributed by atoms with E-state index in [0.29, 0.717) is 0 Å². The Bertz CT molecular complexity index is 583. The van der Waals surface area contributed by atoms with Crippen LogP contribution in [-0.4, -0.2) is 0 Å². The lowest BCUT2D eigenvalue weighted by Crippen LogP contribution is -2.22. The first kappa shape index (κ1) is 18.8. The molecule has 0 aromatic heterocycles. The molecular weight excluding hydrogens is 324 g/mol. The molecule has 0 N–H and O–H groups in total. The summed E-state index contributed by atoms with van der Waals surface area (Å²) in [5.74, 6) is 3.91. The molecule has 4 rings (SSSR count). The summed E-state index contributed by atoms with van der Waals surface area (Å²) in [5.41, 5.74) is 3.08. The molecule has 0 bridgehead atoms. The van der Waals surface area contributed by atoms with Gasteiger partial charge in [0, 0.05) is 0 Å². The van der Waals surface area contributed by atoms with E-state index in [9.17, 15) is 0 Å². The minimum atomic E-state index is 0.935. The van der Waals surface area contributed by atoms with Gasteiger partial charge in [0.2, 0.25) is 0 Å². The minimum Gasteiger partial charge on any atom is -0.0622 e. The monoisotopic (exact) mass is 360 g/mol. The minimum absolute atomic E-state index is 0.935. The van der Waals surface area contributed by atoms with Gasteiger partial charge in [0.1, 0.15) is 0 Å². The Morgan fingerprint density at radius 3 is 1.15 bits per heavy atom. The second-order valence-electron chi connectivity index (χ2n) is 9.39. The van der Waals surface area contributed by atoms with Crippen molar-refractivity contribution in [3.63, 3.8) is 0 Å². The molecule has 0 unspecified atom stereocenters. The Morgan fingerprint density at radius 2 is 0.778 bits per heavy atom. The molecule has 0 radical (unpaired) electrons. The van der Waals surface area contributed by atoms with E-state index in [0.717, 1.165) is 23.7 Å². The van der Waals surface area contributed by atoms with Crippen LogP contribution in [0.5, 0.6) is 0 Å². The standard InChI is InChI=1S/C27H36/c1-3-7-22(8-4-1)19-24-11-15-26(16-12-24)21-27-17-13-25(14-18-27)20-23-9-5-2-6-10-23/h1-10,24-27H,11-21H2. The lowest BCUT2D eigenvalue weighted by Gasteiger charge is -2.34. The van der Waals surface area contributed by atoms with Crippen LogP contribution in [0, 0.1) is 23.7 Å². The van der Waals surface area contributed by atoms with Gasteiger partial charge in [-0.2, -0.15) is 0 Å². The van der Waals surface area contributed by atoms with E-state index < -0.39 is 0 Å². The molecule has 2 fully saturated rings. The number of hydrogen-bond acceptors (Lipinski definition) is 0. The molecule has 0 atom stereocenters. The van der Waals surface area contributed by atoms with Crippen molar-refractivity contribution in [2.75, 3.05) is 0 Å². The average molecular weight is 361 g/mol. The second kappa shape index (κ2) is 9.58. The third-order valence-corrected chi connectivity index (χ3v) is 7.33. The summed E-state index contributed by atoms with van der Waals surface area (Å²) < 4.78 is 0. The molecule has 27 heavy (non-hydrogen) atoms. The van der Waals surface area contributed by atoms with Crippen LogP contribution in [0.4, 0.5) is 0 Å². The summed E-state index contributed by atoms with van der Waals surface area (Å²) in [5, 5.41) is 0. The van der Waals surface area contributed by atoms with E-state index in [-0.39, 0.29) is 0 Å². The lowest BCUT2D eigenvalue weighted by atomic mass is 9.72. The molecule has 2 aliphatic rings. The van der Waals surface area contributed by atoms with Gasteiger partial charge in [-0.05, 0) is 79.7 Å². The zero-order valence-electron chi connectivity index (χ0n) is 16.9. The van der Waals surface area contributed by atoms with Gasteiger partial charge in [-0.15, -0.1) is 0 Å². The highest BCUT2D eigenvalue weighted by Crippen LogP contribution is 2.39. The SMILES string of the molecule is c1ccc(CC2CCC(CC3CCC(Cc4ccccc4)CC3)CC2)cc1. The molecule has 2 aromatic rings. The van der Waals surface area contributed by atoms with Gasteiger partial charge in [0.25, 0.3) is 0 Å². The first-order valence-corrected chi connectivity index (χ1v) is 11.4. The van der Waals surface area contributed by atoms with Crippen molar-refractivity contribution in [3.8, 4) is 0 Å². The average Bonchev–Trinajstić information content (AvgIpc) is 2.73. The summed E-state index contributed by atoms with van der Waals surface area (Å²) in [7, 11) is 0. The maximum Gasteiger partial charge on any atom is -0.0250 e. The van der Waals surface area contributed by atoms with Gasteiger partial charge in [0.15, 0.2) is 0 Å². The zero-order valence-corrected chi connectivity index (χ0v) is 16.9. The fourth-order valence-corrected chi connectivity index (χ4v) is 5.71. The van der Waals surface area contributed by atoms with E-state index >= 15 is 0 Å². The largest absolute Gasteiger partial charge is 0.0622 e. The molecule has 0 heteroatoms. The third-order valence-electron chi connectivity index (χ3n) is 7.33. The Labute approximate surface area is 166 Å². The van der Waals surface area contributed by atoms with Crippen molar-refractivity contribution in [3.05, 3.63) is 71.8 Å². The summed E-state index contributed by atoms with van der Waals surface area (Å²) in [6, 6.07) is 22.2. The molecule has 2 aromatic carbocycles. The van der Waals surface area contributed by atoms with Crippen LogP contribution in [0.15, 0.2) is 60.7 Å². The summed E-state index contributed by atoms with van der Waals surface area (Å²) in [6.07, 6.45) is 15.9. The van der Waals surface area contributed by atoms with Crippen LogP contribution in [0.25, 0.3) is 0 Å². The highest BCUT2D eigenvalue weighted by Gasteiger charge is 2.27. The highest BCUT2D eigenvalue weighted by atomic mass is 14.3. The smallest absolute Gasteiger partial charge is 0.0250 e. The predicted molar refractivity (Wildman–Crippen MR) is 116 cm³/mol. The van der Waals surface area contributed by atoms with E-state index in [1.54, 1.807) is 0 Å². The zero-order chi connectivity index (χ0) is 18.3. The number of hydrogen-bond donors (Lipinski definition) is 0. The third kappa shape index (κ3) is 5.71. The topological polar surface area (TPSA) is 0 Å². The maximum atomic E-state index is 2.31. The summed E-state index contributed by atoms with van der Waals surface area (Å²) >= 11 is 0. The van der Waals surface area contributed by atoms with E-state index in [1.807, 2.05) is 0 Å². The lowest BCUT2D eigenvalue weighted by molar-refractivity contribution is 0.191. The Balaban J connectivity index is 1.15. The van der Waals surface area contributed by atoms with Crippen LogP contribution >= 0.6 is 0 Å². The van der Waals surface area contributed by atoms with Crippen LogP contribution in [0.3, 0.4) is 0 Å². The van der Waals surface area contributed by atoms with E-state index in [2.05, 4.69) is 60.7 Å². The molecule has 0 heterocycles. The van der Waals surface area contributed by atoms with E-state index in [4.69, 9.17) is 0 Å². The van der Waals surface area contributed by atoms with Crippen molar-refractivity contribution in [2.24, 2.45) is 23.7 Å². The van der Waals surface area contributed by atoms with Crippen molar-refractivity contribution in [1.82, 2.24) is 0 Å². The van der Waals surface area contributed by atoms with Gasteiger partial charge in [-0.3, -0.25) is 0 Å². The maximum absolute atomic E-state index is 2.31. The van der Waals surface area contributed by atoms with Gasteiger partial charge in [0.05, 0.1) is 0 Å². The molecule has 0 amide bonds. The van der Waals surface area contributed by atoms with Crippen LogP contribution < -0.4 is 0 Å². The molecule has 144 valence electrons. The van der Waals surface area contributed by atoms with Crippen molar-refractivity contribution in [1.29, 1.82) is 0 Å². The molecule has 0 spiro atoms. The normalized spacial score (nSPS) is 28.7. The van der Waals surface area contributed by atoms with Crippen LogP contribution in [0.2, 0.25) is 0 Å². The first-order valence-electron chi connectivity index (χ1n) is 11.4. The van der Waals surface area contributed by atoms with Gasteiger partial charge in [-0.1, -0.05) is 86.3 Å². The highest BCUT2D eigenvalue weighted by molar-refractivity contribution is 5.16. The number of benzene rings is 2. The van der Waals surface area contributed by atoms with Crippen LogP contribution in [-0.2, 0) is 12.8 Å². The first-order chi connectivity index (χ1) is 13.3. The fraction of sp³-hybridized carbons (Fsp3) is 0.556. The quantitative estimate of drug-likeness (QED) is 0.501. The van der Waals surface area contributed by atoms with E-state index in [1.165, 1.54) is 81.8 Å². The van der Waals surface area contributed by atoms with Gasteiger partial charge in [-0.25, -0.2) is 0 Å². The van der Waals surface area contributed by atoms with Gasteiger partial charge < -0.3 is 0 Å². The molecule has 0 nitrogen and oxygen atoms in total.